The molecule has 3 nitrogen and oxygen atoms in total. The minimum Gasteiger partial charge on any atom is -0.397 e. The van der Waals surface area contributed by atoms with Gasteiger partial charge in [0, 0.05) is 13.5 Å². The first kappa shape index (κ1) is 12.6. The number of benzene rings is 1. The van der Waals surface area contributed by atoms with Crippen molar-refractivity contribution in [3.05, 3.63) is 46.6 Å². The summed E-state index contributed by atoms with van der Waals surface area (Å²) in [7, 11) is 0. The number of carbonyl (C=O) groups is 1. The summed E-state index contributed by atoms with van der Waals surface area (Å²) in [5, 5.41) is 4.00. The van der Waals surface area contributed by atoms with E-state index in [-0.39, 0.29) is 11.6 Å². The van der Waals surface area contributed by atoms with Crippen LogP contribution in [0.25, 0.3) is 0 Å². The van der Waals surface area contributed by atoms with Crippen LogP contribution in [-0.4, -0.2) is 5.78 Å². The Morgan fingerprint density at radius 2 is 2.06 bits per heavy atom. The first-order chi connectivity index (χ1) is 8.56. The molecule has 3 N–H and O–H groups in total. The Morgan fingerprint density at radius 3 is 2.61 bits per heavy atom. The highest BCUT2D eigenvalue weighted by atomic mass is 32.1. The van der Waals surface area contributed by atoms with Gasteiger partial charge in [0.2, 0.25) is 0 Å². The van der Waals surface area contributed by atoms with E-state index in [9.17, 15) is 9.18 Å². The maximum absolute atomic E-state index is 12.7. The lowest BCUT2D eigenvalue weighted by molar-refractivity contribution is 0.102. The zero-order valence-electron chi connectivity index (χ0n) is 9.87. The van der Waals surface area contributed by atoms with Crippen molar-refractivity contribution in [1.82, 2.24) is 0 Å². The van der Waals surface area contributed by atoms with Crippen LogP contribution < -0.4 is 11.1 Å². The van der Waals surface area contributed by atoms with Crippen molar-refractivity contribution in [1.29, 1.82) is 0 Å². The van der Waals surface area contributed by atoms with Crippen LogP contribution in [0.2, 0.25) is 0 Å². The molecule has 18 heavy (non-hydrogen) atoms. The monoisotopic (exact) mass is 264 g/mol. The number of Topliss-reactive ketones (excluding diaryl/α,β-unsaturated/α-hetero) is 1. The number of rotatable bonds is 4. The maximum Gasteiger partial charge on any atom is 0.171 e. The zero-order chi connectivity index (χ0) is 13.1. The Balaban J connectivity index is 2.04. The predicted molar refractivity (Wildman–Crippen MR) is 72.5 cm³/mol. The van der Waals surface area contributed by atoms with Crippen LogP contribution in [0.1, 0.15) is 22.2 Å². The van der Waals surface area contributed by atoms with Gasteiger partial charge < -0.3 is 11.1 Å². The van der Waals surface area contributed by atoms with E-state index in [1.165, 1.54) is 30.4 Å². The second-order valence-corrected chi connectivity index (χ2v) is 4.98. The quantitative estimate of drug-likeness (QED) is 0.833. The van der Waals surface area contributed by atoms with E-state index in [1.54, 1.807) is 18.2 Å². The van der Waals surface area contributed by atoms with Crippen LogP contribution in [-0.2, 0) is 6.54 Å². The topological polar surface area (TPSA) is 55.1 Å². The molecule has 1 aromatic carbocycles. The van der Waals surface area contributed by atoms with Crippen molar-refractivity contribution < 1.29 is 9.18 Å². The van der Waals surface area contributed by atoms with Crippen LogP contribution in [0.15, 0.2) is 30.3 Å². The standard InChI is InChI=1S/C13H13FN2OS/c1-8(17)13-11(15)6-12(18-13)16-7-9-2-4-10(14)5-3-9/h2-6,16H,7,15H2,1H3. The van der Waals surface area contributed by atoms with Crippen molar-refractivity contribution in [2.75, 3.05) is 11.1 Å². The molecule has 0 spiro atoms. The van der Waals surface area contributed by atoms with Gasteiger partial charge in [-0.05, 0) is 23.8 Å². The molecule has 0 bridgehead atoms. The minimum absolute atomic E-state index is 0.0349. The predicted octanol–water partition coefficient (Wildman–Crippen LogP) is 3.28. The molecule has 0 atom stereocenters. The Bertz CT molecular complexity index is 563. The van der Waals surface area contributed by atoms with Crippen LogP contribution in [0.4, 0.5) is 15.1 Å². The molecule has 5 heteroatoms. The highest BCUT2D eigenvalue weighted by Gasteiger charge is 2.09. The summed E-state index contributed by atoms with van der Waals surface area (Å²) in [6.45, 7) is 2.06. The van der Waals surface area contributed by atoms with E-state index < -0.39 is 0 Å². The highest BCUT2D eigenvalue weighted by Crippen LogP contribution is 2.29. The van der Waals surface area contributed by atoms with E-state index in [1.807, 2.05) is 0 Å². The van der Waals surface area contributed by atoms with Gasteiger partial charge in [-0.25, -0.2) is 4.39 Å². The third-order valence-corrected chi connectivity index (χ3v) is 3.67. The lowest BCUT2D eigenvalue weighted by atomic mass is 10.2. The Morgan fingerprint density at radius 1 is 1.39 bits per heavy atom. The lowest BCUT2D eigenvalue weighted by Gasteiger charge is -2.03. The van der Waals surface area contributed by atoms with Crippen LogP contribution in [0.5, 0.6) is 0 Å². The van der Waals surface area contributed by atoms with Gasteiger partial charge in [0.1, 0.15) is 5.82 Å². The molecule has 0 aliphatic heterocycles. The average molecular weight is 264 g/mol. The number of anilines is 2. The fourth-order valence-electron chi connectivity index (χ4n) is 1.56. The van der Waals surface area contributed by atoms with Gasteiger partial charge in [-0.2, -0.15) is 0 Å². The average Bonchev–Trinajstić information content (AvgIpc) is 2.70. The van der Waals surface area contributed by atoms with Crippen molar-refractivity contribution in [3.63, 3.8) is 0 Å². The molecular weight excluding hydrogens is 251 g/mol. The molecular formula is C13H13FN2OS. The molecule has 0 aliphatic carbocycles. The molecule has 1 aromatic heterocycles. The number of hydrogen-bond donors (Lipinski definition) is 2. The Hall–Kier alpha value is -1.88. The van der Waals surface area contributed by atoms with E-state index in [0.717, 1.165) is 10.6 Å². The van der Waals surface area contributed by atoms with Crippen LogP contribution in [0.3, 0.4) is 0 Å². The van der Waals surface area contributed by atoms with Crippen molar-refractivity contribution in [2.24, 2.45) is 0 Å². The second-order valence-electron chi connectivity index (χ2n) is 3.93. The molecule has 1 heterocycles. The van der Waals surface area contributed by atoms with Gasteiger partial charge in [-0.1, -0.05) is 12.1 Å². The van der Waals surface area contributed by atoms with Gasteiger partial charge in [-0.15, -0.1) is 11.3 Å². The minimum atomic E-state index is -0.252. The molecule has 0 saturated carbocycles. The van der Waals surface area contributed by atoms with Gasteiger partial charge in [0.15, 0.2) is 5.78 Å². The summed E-state index contributed by atoms with van der Waals surface area (Å²) in [5.41, 5.74) is 7.19. The number of ketones is 1. The second kappa shape index (κ2) is 5.18. The first-order valence-electron chi connectivity index (χ1n) is 5.45. The molecule has 94 valence electrons. The van der Waals surface area contributed by atoms with E-state index in [0.29, 0.717) is 17.1 Å². The number of halogens is 1. The molecule has 0 amide bonds. The smallest absolute Gasteiger partial charge is 0.171 e. The summed E-state index contributed by atoms with van der Waals surface area (Å²) >= 11 is 1.33. The molecule has 0 unspecified atom stereocenters. The fraction of sp³-hybridized carbons (Fsp3) is 0.154. The number of nitrogens with two attached hydrogens (primary N) is 1. The fourth-order valence-corrected chi connectivity index (χ4v) is 2.43. The number of nitrogen functional groups attached to an aromatic ring is 1. The van der Waals surface area contributed by atoms with Crippen LogP contribution in [0, 0.1) is 5.82 Å². The molecule has 0 fully saturated rings. The first-order valence-corrected chi connectivity index (χ1v) is 6.26. The molecule has 2 aromatic rings. The number of thiophene rings is 1. The van der Waals surface area contributed by atoms with Gasteiger partial charge >= 0.3 is 0 Å². The SMILES string of the molecule is CC(=O)c1sc(NCc2ccc(F)cc2)cc1N. The van der Waals surface area contributed by atoms with Gasteiger partial charge in [0.25, 0.3) is 0 Å². The summed E-state index contributed by atoms with van der Waals surface area (Å²) in [4.78, 5) is 11.8. The molecule has 0 aliphatic rings. The van der Waals surface area contributed by atoms with Crippen molar-refractivity contribution >= 4 is 27.8 Å². The molecule has 2 rings (SSSR count). The summed E-state index contributed by atoms with van der Waals surface area (Å²) in [6, 6.07) is 8.00. The third-order valence-electron chi connectivity index (χ3n) is 2.46. The van der Waals surface area contributed by atoms with E-state index in [4.69, 9.17) is 5.73 Å². The normalized spacial score (nSPS) is 10.3. The Kier molecular flexibility index (Phi) is 3.62. The van der Waals surface area contributed by atoms with Crippen LogP contribution >= 0.6 is 11.3 Å². The summed E-state index contributed by atoms with van der Waals surface area (Å²) < 4.78 is 12.7. The molecule has 0 radical (unpaired) electrons. The maximum atomic E-state index is 12.7. The zero-order valence-corrected chi connectivity index (χ0v) is 10.7. The number of carbonyl (C=O) groups excluding carboxylic acids is 1. The van der Waals surface area contributed by atoms with E-state index in [2.05, 4.69) is 5.32 Å². The van der Waals surface area contributed by atoms with Crippen molar-refractivity contribution in [2.45, 2.75) is 13.5 Å². The highest BCUT2D eigenvalue weighted by molar-refractivity contribution is 7.18. The third kappa shape index (κ3) is 2.87. The van der Waals surface area contributed by atoms with Gasteiger partial charge in [0.05, 0.1) is 15.6 Å². The van der Waals surface area contributed by atoms with Gasteiger partial charge in [-0.3, -0.25) is 4.79 Å². The largest absolute Gasteiger partial charge is 0.397 e. The summed E-state index contributed by atoms with van der Waals surface area (Å²) in [6.07, 6.45) is 0. The Labute approximate surface area is 108 Å². The van der Waals surface area contributed by atoms with E-state index >= 15 is 0 Å². The lowest BCUT2D eigenvalue weighted by Crippen LogP contribution is -1.97. The molecule has 0 saturated heterocycles. The number of nitrogens with one attached hydrogen (secondary N) is 1. The number of hydrogen-bond acceptors (Lipinski definition) is 4. The van der Waals surface area contributed by atoms with Crippen molar-refractivity contribution in [3.8, 4) is 0 Å². The summed E-state index contributed by atoms with van der Waals surface area (Å²) in [5.74, 6) is -0.287.